The summed E-state index contributed by atoms with van der Waals surface area (Å²) in [6, 6.07) is 12.8. The second-order valence-electron chi connectivity index (χ2n) is 11.3. The fraction of sp³-hybridized carbons (Fsp3) is 0.433. The molecule has 2 saturated carbocycles. The first-order valence-electron chi connectivity index (χ1n) is 13.9. The number of oxazole rings is 1. The highest BCUT2D eigenvalue weighted by Crippen LogP contribution is 2.45. The summed E-state index contributed by atoms with van der Waals surface area (Å²) in [7, 11) is -3.01. The van der Waals surface area contributed by atoms with E-state index in [1.807, 2.05) is 29.2 Å². The maximum absolute atomic E-state index is 14.1. The quantitative estimate of drug-likeness (QED) is 0.438. The van der Waals surface area contributed by atoms with Crippen molar-refractivity contribution in [2.24, 2.45) is 5.92 Å². The van der Waals surface area contributed by atoms with Gasteiger partial charge < -0.3 is 14.6 Å². The standard InChI is InChI=1S/C30H30F2N4O4S/c31-21-15-20(16-22(32)17-21)29-34-26(19-5-7-23(8-6-19)36-11-13-41(38,39)14-12-36)27(40-29)24-3-1-2-4-25(24)28(37)35-30(18-33)9-10-30/h5-8,15-17,24-25H,1-4,9-14H2,(H,35,37). The molecule has 2 aliphatic carbocycles. The Labute approximate surface area is 237 Å². The molecular formula is C30H30F2N4O4S. The van der Waals surface area contributed by atoms with Crippen LogP contribution in [0.25, 0.3) is 22.7 Å². The molecule has 3 fully saturated rings. The number of carbonyl (C=O) groups is 1. The maximum Gasteiger partial charge on any atom is 0.227 e. The number of hydrogen-bond acceptors (Lipinski definition) is 7. The second kappa shape index (κ2) is 10.6. The summed E-state index contributed by atoms with van der Waals surface area (Å²) in [4.78, 5) is 20.1. The topological polar surface area (TPSA) is 116 Å². The van der Waals surface area contributed by atoms with Crippen LogP contribution in [0.15, 0.2) is 46.9 Å². The van der Waals surface area contributed by atoms with Gasteiger partial charge in [0.2, 0.25) is 11.8 Å². The van der Waals surface area contributed by atoms with E-state index in [9.17, 15) is 27.3 Å². The Morgan fingerprint density at radius 1 is 1.02 bits per heavy atom. The van der Waals surface area contributed by atoms with Crippen LogP contribution in [-0.4, -0.2) is 49.4 Å². The number of carbonyl (C=O) groups excluding carboxylic acids is 1. The largest absolute Gasteiger partial charge is 0.440 e. The van der Waals surface area contributed by atoms with Crippen LogP contribution >= 0.6 is 0 Å². The summed E-state index contributed by atoms with van der Waals surface area (Å²) in [5.41, 5.74) is 1.43. The van der Waals surface area contributed by atoms with Crippen molar-refractivity contribution in [3.8, 4) is 28.8 Å². The van der Waals surface area contributed by atoms with Crippen LogP contribution in [0.3, 0.4) is 0 Å². The zero-order valence-corrected chi connectivity index (χ0v) is 23.2. The number of aromatic nitrogens is 1. The first-order chi connectivity index (χ1) is 19.7. The van der Waals surface area contributed by atoms with Crippen LogP contribution < -0.4 is 10.2 Å². The minimum absolute atomic E-state index is 0.0548. The zero-order chi connectivity index (χ0) is 28.8. The predicted octanol–water partition coefficient (Wildman–Crippen LogP) is 4.97. The highest BCUT2D eigenvalue weighted by molar-refractivity contribution is 7.91. The van der Waals surface area contributed by atoms with Crippen molar-refractivity contribution < 1.29 is 26.4 Å². The van der Waals surface area contributed by atoms with E-state index >= 15 is 0 Å². The minimum Gasteiger partial charge on any atom is -0.440 e. The monoisotopic (exact) mass is 580 g/mol. The molecule has 6 rings (SSSR count). The molecule has 8 nitrogen and oxygen atoms in total. The van der Waals surface area contributed by atoms with Crippen molar-refractivity contribution in [1.29, 1.82) is 5.26 Å². The zero-order valence-electron chi connectivity index (χ0n) is 22.4. The normalized spacial score (nSPS) is 23.0. The molecule has 2 atom stereocenters. The summed E-state index contributed by atoms with van der Waals surface area (Å²) < 4.78 is 58.2. The van der Waals surface area contributed by atoms with Crippen LogP contribution in [-0.2, 0) is 14.6 Å². The van der Waals surface area contributed by atoms with Crippen molar-refractivity contribution in [3.63, 3.8) is 0 Å². The molecule has 11 heteroatoms. The number of sulfone groups is 1. The van der Waals surface area contributed by atoms with Gasteiger partial charge in [0, 0.05) is 47.8 Å². The number of anilines is 1. The molecule has 2 heterocycles. The van der Waals surface area contributed by atoms with Gasteiger partial charge in [-0.1, -0.05) is 25.0 Å². The number of nitrogens with zero attached hydrogens (tertiary/aromatic N) is 3. The van der Waals surface area contributed by atoms with E-state index in [1.54, 1.807) is 0 Å². The second-order valence-corrected chi connectivity index (χ2v) is 13.6. The van der Waals surface area contributed by atoms with E-state index in [4.69, 9.17) is 4.42 Å². The summed E-state index contributed by atoms with van der Waals surface area (Å²) >= 11 is 0. The molecule has 1 aliphatic heterocycles. The first-order valence-corrected chi connectivity index (χ1v) is 15.7. The van der Waals surface area contributed by atoms with Crippen LogP contribution in [0.2, 0.25) is 0 Å². The number of rotatable bonds is 6. The molecule has 3 aliphatic rings. The summed E-state index contributed by atoms with van der Waals surface area (Å²) in [5, 5.41) is 12.4. The Morgan fingerprint density at radius 2 is 1.68 bits per heavy atom. The van der Waals surface area contributed by atoms with Gasteiger partial charge in [-0.15, -0.1) is 0 Å². The van der Waals surface area contributed by atoms with Gasteiger partial charge in [-0.05, 0) is 49.9 Å². The number of nitriles is 1. The highest BCUT2D eigenvalue weighted by Gasteiger charge is 2.47. The molecule has 1 amide bonds. The lowest BCUT2D eigenvalue weighted by molar-refractivity contribution is -0.127. The van der Waals surface area contributed by atoms with Gasteiger partial charge in [0.25, 0.3) is 0 Å². The predicted molar refractivity (Wildman–Crippen MR) is 149 cm³/mol. The van der Waals surface area contributed by atoms with E-state index < -0.39 is 32.9 Å². The maximum atomic E-state index is 14.1. The Hall–Kier alpha value is -3.78. The number of benzene rings is 2. The summed E-state index contributed by atoms with van der Waals surface area (Å²) in [6.07, 6.45) is 4.28. The molecule has 2 aromatic carbocycles. The molecule has 0 radical (unpaired) electrons. The van der Waals surface area contributed by atoms with Gasteiger partial charge in [0.15, 0.2) is 9.84 Å². The molecule has 214 valence electrons. The molecule has 0 spiro atoms. The van der Waals surface area contributed by atoms with Crippen molar-refractivity contribution in [2.75, 3.05) is 29.5 Å². The number of nitrogens with one attached hydrogen (secondary N) is 1. The van der Waals surface area contributed by atoms with Crippen molar-refractivity contribution in [3.05, 3.63) is 59.9 Å². The third kappa shape index (κ3) is 5.71. The van der Waals surface area contributed by atoms with Gasteiger partial charge in [-0.3, -0.25) is 4.79 Å². The third-order valence-electron chi connectivity index (χ3n) is 8.38. The summed E-state index contributed by atoms with van der Waals surface area (Å²) in [5.74, 6) is -1.73. The Bertz CT molecular complexity index is 1590. The molecule has 41 heavy (non-hydrogen) atoms. The lowest BCUT2D eigenvalue weighted by Gasteiger charge is -2.30. The third-order valence-corrected chi connectivity index (χ3v) is 9.99. The van der Waals surface area contributed by atoms with Crippen LogP contribution in [0.1, 0.15) is 50.2 Å². The van der Waals surface area contributed by atoms with Gasteiger partial charge in [-0.2, -0.15) is 5.26 Å². The van der Waals surface area contributed by atoms with Crippen LogP contribution in [0.4, 0.5) is 14.5 Å². The number of halogens is 2. The number of hydrogen-bond donors (Lipinski definition) is 1. The SMILES string of the molecule is N#CC1(NC(=O)C2CCCCC2c2oc(-c3cc(F)cc(F)c3)nc2-c2ccc(N3CCS(=O)(=O)CC3)cc2)CC1. The van der Waals surface area contributed by atoms with E-state index in [0.29, 0.717) is 55.8 Å². The van der Waals surface area contributed by atoms with E-state index in [-0.39, 0.29) is 34.8 Å². The average molecular weight is 581 g/mol. The molecular weight excluding hydrogens is 550 g/mol. The van der Waals surface area contributed by atoms with Crippen molar-refractivity contribution >= 4 is 21.4 Å². The van der Waals surface area contributed by atoms with Crippen LogP contribution in [0.5, 0.6) is 0 Å². The lowest BCUT2D eigenvalue weighted by atomic mass is 9.76. The van der Waals surface area contributed by atoms with Crippen LogP contribution in [0, 0.1) is 28.9 Å². The molecule has 1 N–H and O–H groups in total. The van der Waals surface area contributed by atoms with Gasteiger partial charge in [0.05, 0.1) is 17.6 Å². The summed E-state index contributed by atoms with van der Waals surface area (Å²) in [6.45, 7) is 0.824. The molecule has 1 saturated heterocycles. The fourth-order valence-corrected chi connectivity index (χ4v) is 7.07. The Balaban J connectivity index is 1.37. The fourth-order valence-electron chi connectivity index (χ4n) is 5.87. The minimum atomic E-state index is -3.01. The van der Waals surface area contributed by atoms with E-state index in [0.717, 1.165) is 36.7 Å². The van der Waals surface area contributed by atoms with E-state index in [2.05, 4.69) is 16.4 Å². The Morgan fingerprint density at radius 3 is 2.32 bits per heavy atom. The van der Waals surface area contributed by atoms with Gasteiger partial charge in [-0.25, -0.2) is 22.2 Å². The number of amides is 1. The molecule has 0 bridgehead atoms. The van der Waals surface area contributed by atoms with Crippen molar-refractivity contribution in [2.45, 2.75) is 50.0 Å². The smallest absolute Gasteiger partial charge is 0.227 e. The van der Waals surface area contributed by atoms with Gasteiger partial charge in [0.1, 0.15) is 28.6 Å². The highest BCUT2D eigenvalue weighted by atomic mass is 32.2. The Kier molecular flexibility index (Phi) is 7.06. The lowest BCUT2D eigenvalue weighted by Crippen LogP contribution is -2.42. The first kappa shape index (κ1) is 27.4. The molecule has 2 unspecified atom stereocenters. The molecule has 3 aromatic rings. The van der Waals surface area contributed by atoms with Gasteiger partial charge >= 0.3 is 0 Å². The van der Waals surface area contributed by atoms with E-state index in [1.165, 1.54) is 0 Å². The van der Waals surface area contributed by atoms with Crippen molar-refractivity contribution in [1.82, 2.24) is 10.3 Å². The average Bonchev–Trinajstić information content (AvgIpc) is 3.59. The molecule has 1 aromatic heterocycles.